The minimum absolute atomic E-state index is 0.130. The molecule has 4 aromatic rings. The summed E-state index contributed by atoms with van der Waals surface area (Å²) < 4.78 is 70.3. The number of anilines is 3. The summed E-state index contributed by atoms with van der Waals surface area (Å²) in [6, 6.07) is 24.1. The van der Waals surface area contributed by atoms with Crippen LogP contribution in [0.2, 0.25) is 0 Å². The Bertz CT molecular complexity index is 1720. The molecule has 11 heteroatoms. The summed E-state index contributed by atoms with van der Waals surface area (Å²) in [7, 11) is -8.35. The van der Waals surface area contributed by atoms with Crippen molar-refractivity contribution in [2.75, 3.05) is 23.0 Å². The van der Waals surface area contributed by atoms with Gasteiger partial charge in [0.15, 0.2) is 5.75 Å². The lowest BCUT2D eigenvalue weighted by molar-refractivity contribution is 0.106. The van der Waals surface area contributed by atoms with Crippen molar-refractivity contribution < 1.29 is 30.5 Å². The number of sulfonamides is 1. The van der Waals surface area contributed by atoms with Crippen LogP contribution in [0.3, 0.4) is 0 Å². The zero-order chi connectivity index (χ0) is 27.6. The first-order valence-electron chi connectivity index (χ1n) is 12.1. The highest BCUT2D eigenvalue weighted by molar-refractivity contribution is 7.93. The smallest absolute Gasteiger partial charge is 0.339 e. The molecule has 0 aliphatic carbocycles. The van der Waals surface area contributed by atoms with Crippen LogP contribution in [-0.4, -0.2) is 30.2 Å². The number of nitrogens with zero attached hydrogens (tertiary/aromatic N) is 1. The zero-order valence-electron chi connectivity index (χ0n) is 21.2. The van der Waals surface area contributed by atoms with E-state index in [1.54, 1.807) is 49.4 Å². The van der Waals surface area contributed by atoms with Gasteiger partial charge in [-0.25, -0.2) is 8.42 Å². The maximum Gasteiger partial charge on any atom is 0.339 e. The minimum atomic E-state index is -4.26. The first kappa shape index (κ1) is 26.4. The molecule has 0 radical (unpaired) electrons. The van der Waals surface area contributed by atoms with Crippen LogP contribution in [0.4, 0.5) is 17.1 Å². The molecule has 0 saturated heterocycles. The first-order chi connectivity index (χ1) is 18.7. The third-order valence-electron chi connectivity index (χ3n) is 5.99. The molecule has 0 atom stereocenters. The summed E-state index contributed by atoms with van der Waals surface area (Å²) in [5, 5.41) is 3.26. The Balaban J connectivity index is 1.38. The van der Waals surface area contributed by atoms with Crippen molar-refractivity contribution in [2.45, 2.75) is 23.6 Å². The predicted molar refractivity (Wildman–Crippen MR) is 148 cm³/mol. The quantitative estimate of drug-likeness (QED) is 0.266. The Kier molecular flexibility index (Phi) is 7.11. The van der Waals surface area contributed by atoms with Crippen molar-refractivity contribution in [1.82, 2.24) is 0 Å². The molecular formula is C28H26N2O7S2. The minimum Gasteiger partial charge on any atom is -0.457 e. The second kappa shape index (κ2) is 10.5. The lowest BCUT2D eigenvalue weighted by Gasteiger charge is -2.24. The Labute approximate surface area is 227 Å². The molecule has 0 spiro atoms. The first-order valence-corrected chi connectivity index (χ1v) is 14.9. The molecule has 202 valence electrons. The molecule has 0 saturated carbocycles. The van der Waals surface area contributed by atoms with Gasteiger partial charge in [-0.3, -0.25) is 4.31 Å². The summed E-state index contributed by atoms with van der Waals surface area (Å²) in [6.07, 6.45) is 0. The standard InChI is InChI=1S/C28H26N2O7S2/c1-3-30(22-12-10-21(11-13-22)29-27-15-14-23-17-28(27)36-19-35-23)38(31,32)25-8-5-9-26(18-25)39(33,34)37-24-7-4-6-20(2)16-24/h4-18,29H,3,19H2,1-2H3. The predicted octanol–water partition coefficient (Wildman–Crippen LogP) is 5.45. The molecule has 1 N–H and O–H groups in total. The van der Waals surface area contributed by atoms with Gasteiger partial charge in [-0.1, -0.05) is 18.2 Å². The summed E-state index contributed by atoms with van der Waals surface area (Å²) >= 11 is 0. The summed E-state index contributed by atoms with van der Waals surface area (Å²) in [5.41, 5.74) is 2.73. The second-order valence-corrected chi connectivity index (χ2v) is 12.1. The number of hydrogen-bond acceptors (Lipinski definition) is 8. The van der Waals surface area contributed by atoms with E-state index in [9.17, 15) is 16.8 Å². The fourth-order valence-corrected chi connectivity index (χ4v) is 6.66. The van der Waals surface area contributed by atoms with Gasteiger partial charge in [-0.15, -0.1) is 0 Å². The van der Waals surface area contributed by atoms with E-state index < -0.39 is 20.1 Å². The van der Waals surface area contributed by atoms with Gasteiger partial charge in [-0.2, -0.15) is 8.42 Å². The van der Waals surface area contributed by atoms with Crippen LogP contribution in [0.5, 0.6) is 17.2 Å². The molecule has 1 aliphatic rings. The van der Waals surface area contributed by atoms with Gasteiger partial charge in [0.2, 0.25) is 6.79 Å². The van der Waals surface area contributed by atoms with Gasteiger partial charge >= 0.3 is 10.1 Å². The van der Waals surface area contributed by atoms with Crippen molar-refractivity contribution in [2.24, 2.45) is 0 Å². The third kappa shape index (κ3) is 5.64. The summed E-state index contributed by atoms with van der Waals surface area (Å²) in [4.78, 5) is -0.428. The van der Waals surface area contributed by atoms with E-state index in [0.717, 1.165) is 28.8 Å². The monoisotopic (exact) mass is 566 g/mol. The molecular weight excluding hydrogens is 540 g/mol. The molecule has 4 aromatic carbocycles. The Morgan fingerprint density at radius 1 is 0.846 bits per heavy atom. The van der Waals surface area contributed by atoms with E-state index >= 15 is 0 Å². The topological polar surface area (TPSA) is 111 Å². The molecule has 5 rings (SSSR count). The lowest BCUT2D eigenvalue weighted by Crippen LogP contribution is -2.30. The fraction of sp³-hybridized carbons (Fsp3) is 0.143. The van der Waals surface area contributed by atoms with Crippen molar-refractivity contribution in [3.63, 3.8) is 0 Å². The zero-order valence-corrected chi connectivity index (χ0v) is 22.8. The number of nitrogens with one attached hydrogen (secondary N) is 1. The number of fused-ring (bicyclic) bond motifs is 2. The van der Waals surface area contributed by atoms with E-state index in [4.69, 9.17) is 13.7 Å². The molecule has 1 aliphatic heterocycles. The van der Waals surface area contributed by atoms with Crippen molar-refractivity contribution in [3.8, 4) is 17.2 Å². The van der Waals surface area contributed by atoms with Crippen LogP contribution in [0, 0.1) is 6.92 Å². The fourth-order valence-electron chi connectivity index (χ4n) is 4.09. The van der Waals surface area contributed by atoms with E-state index in [2.05, 4.69) is 5.32 Å². The molecule has 1 heterocycles. The molecule has 2 bridgehead atoms. The summed E-state index contributed by atoms with van der Waals surface area (Å²) in [6.45, 7) is 3.79. The van der Waals surface area contributed by atoms with E-state index in [1.165, 1.54) is 28.6 Å². The van der Waals surface area contributed by atoms with Gasteiger partial charge in [0, 0.05) is 18.3 Å². The molecule has 9 nitrogen and oxygen atoms in total. The second-order valence-electron chi connectivity index (χ2n) is 8.73. The SMILES string of the molecule is CCN(c1ccc(Nc2ccc3cc2OCO3)cc1)S(=O)(=O)c1cccc(S(=O)(=O)Oc2cccc(C)c2)c1. The van der Waals surface area contributed by atoms with Gasteiger partial charge < -0.3 is 19.0 Å². The van der Waals surface area contributed by atoms with Crippen molar-refractivity contribution in [3.05, 3.63) is 96.6 Å². The lowest BCUT2D eigenvalue weighted by atomic mass is 10.2. The highest BCUT2D eigenvalue weighted by Crippen LogP contribution is 2.35. The average molecular weight is 567 g/mol. The normalized spacial score (nSPS) is 12.7. The Hall–Kier alpha value is -4.22. The van der Waals surface area contributed by atoms with Crippen LogP contribution in [-0.2, 0) is 20.1 Å². The van der Waals surface area contributed by atoms with Crippen LogP contribution in [0.25, 0.3) is 0 Å². The average Bonchev–Trinajstić information content (AvgIpc) is 2.92. The highest BCUT2D eigenvalue weighted by Gasteiger charge is 2.26. The van der Waals surface area contributed by atoms with E-state index in [0.29, 0.717) is 11.4 Å². The molecule has 39 heavy (non-hydrogen) atoms. The van der Waals surface area contributed by atoms with Crippen LogP contribution < -0.4 is 23.3 Å². The molecule has 0 unspecified atom stereocenters. The molecule has 0 aromatic heterocycles. The number of ether oxygens (including phenoxy) is 2. The summed E-state index contributed by atoms with van der Waals surface area (Å²) in [5.74, 6) is 1.52. The van der Waals surface area contributed by atoms with E-state index in [-0.39, 0.29) is 28.9 Å². The Morgan fingerprint density at radius 3 is 2.33 bits per heavy atom. The van der Waals surface area contributed by atoms with Gasteiger partial charge in [0.05, 0.1) is 16.3 Å². The maximum absolute atomic E-state index is 13.6. The van der Waals surface area contributed by atoms with Crippen molar-refractivity contribution in [1.29, 1.82) is 0 Å². The van der Waals surface area contributed by atoms with Crippen LogP contribution in [0.1, 0.15) is 12.5 Å². The van der Waals surface area contributed by atoms with Gasteiger partial charge in [0.1, 0.15) is 16.4 Å². The molecule has 0 amide bonds. The number of hydrogen-bond donors (Lipinski definition) is 1. The maximum atomic E-state index is 13.6. The largest absolute Gasteiger partial charge is 0.457 e. The molecule has 0 fully saturated rings. The van der Waals surface area contributed by atoms with Crippen LogP contribution in [0.15, 0.2) is 101 Å². The van der Waals surface area contributed by atoms with E-state index in [1.807, 2.05) is 25.1 Å². The van der Waals surface area contributed by atoms with Gasteiger partial charge in [0.25, 0.3) is 10.0 Å². The number of benzene rings is 4. The number of aryl methyl sites for hydroxylation is 1. The van der Waals surface area contributed by atoms with Crippen molar-refractivity contribution >= 4 is 37.2 Å². The Morgan fingerprint density at radius 2 is 1.59 bits per heavy atom. The third-order valence-corrected chi connectivity index (χ3v) is 9.13. The number of rotatable bonds is 9. The highest BCUT2D eigenvalue weighted by atomic mass is 32.2. The van der Waals surface area contributed by atoms with Crippen LogP contribution >= 0.6 is 0 Å². The van der Waals surface area contributed by atoms with Gasteiger partial charge in [-0.05, 0) is 86.1 Å².